The van der Waals surface area contributed by atoms with E-state index in [4.69, 9.17) is 5.84 Å². The second-order valence-corrected chi connectivity index (χ2v) is 5.93. The van der Waals surface area contributed by atoms with E-state index in [-0.39, 0.29) is 0 Å². The fourth-order valence-electron chi connectivity index (χ4n) is 1.82. The smallest absolute Gasteiger partial charge is 0.238 e. The van der Waals surface area contributed by atoms with Gasteiger partial charge in [-0.2, -0.15) is 0 Å². The van der Waals surface area contributed by atoms with Crippen LogP contribution in [0.2, 0.25) is 0 Å². The van der Waals surface area contributed by atoms with E-state index < -0.39 is 0 Å². The average molecular weight is 347 g/mol. The highest BCUT2D eigenvalue weighted by Gasteiger charge is 2.10. The summed E-state index contributed by atoms with van der Waals surface area (Å²) in [5.74, 6) is 5.85. The maximum absolute atomic E-state index is 5.44. The molecule has 0 fully saturated rings. The number of aromatic nitrogens is 2. The lowest BCUT2D eigenvalue weighted by molar-refractivity contribution is 1.07. The normalized spacial score (nSPS) is 10.7. The van der Waals surface area contributed by atoms with Crippen molar-refractivity contribution in [2.45, 2.75) is 9.92 Å². The van der Waals surface area contributed by atoms with E-state index in [1.165, 1.54) is 0 Å². The lowest BCUT2D eigenvalue weighted by Gasteiger charge is -2.08. The highest BCUT2D eigenvalue weighted by Crippen LogP contribution is 2.35. The minimum atomic E-state index is 0.415. The van der Waals surface area contributed by atoms with E-state index in [9.17, 15) is 0 Å². The molecule has 0 saturated heterocycles. The van der Waals surface area contributed by atoms with E-state index in [1.54, 1.807) is 11.8 Å². The summed E-state index contributed by atoms with van der Waals surface area (Å²) in [4.78, 5) is 9.89. The first-order valence-electron chi connectivity index (χ1n) is 5.94. The summed E-state index contributed by atoms with van der Waals surface area (Å²) in [5, 5.41) is 1.88. The summed E-state index contributed by atoms with van der Waals surface area (Å²) in [5.41, 5.74) is 3.38. The molecule has 100 valence electrons. The second-order valence-electron chi connectivity index (χ2n) is 4.05. The zero-order valence-corrected chi connectivity index (χ0v) is 12.8. The van der Waals surface area contributed by atoms with Crippen LogP contribution in [-0.4, -0.2) is 9.97 Å². The molecule has 20 heavy (non-hydrogen) atoms. The van der Waals surface area contributed by atoms with Crippen LogP contribution in [0.5, 0.6) is 0 Å². The zero-order chi connectivity index (χ0) is 13.9. The van der Waals surface area contributed by atoms with Crippen molar-refractivity contribution in [3.05, 3.63) is 53.0 Å². The second kappa shape index (κ2) is 5.78. The molecular formula is C14H11BrN4S. The van der Waals surface area contributed by atoms with Crippen LogP contribution in [-0.2, 0) is 0 Å². The first kappa shape index (κ1) is 13.4. The maximum Gasteiger partial charge on any atom is 0.238 e. The van der Waals surface area contributed by atoms with E-state index in [1.807, 2.05) is 48.5 Å². The van der Waals surface area contributed by atoms with Crippen molar-refractivity contribution in [3.63, 3.8) is 0 Å². The molecule has 0 aliphatic rings. The summed E-state index contributed by atoms with van der Waals surface area (Å²) >= 11 is 5.13. The lowest BCUT2D eigenvalue weighted by Crippen LogP contribution is -2.10. The lowest BCUT2D eigenvalue weighted by atomic mass is 10.2. The van der Waals surface area contributed by atoms with Crippen LogP contribution in [0, 0.1) is 0 Å². The Kier molecular flexibility index (Phi) is 3.86. The predicted octanol–water partition coefficient (Wildman–Crippen LogP) is 3.83. The number of benzene rings is 2. The highest BCUT2D eigenvalue weighted by molar-refractivity contribution is 9.10. The molecule has 1 aromatic heterocycles. The van der Waals surface area contributed by atoms with Crippen molar-refractivity contribution in [1.29, 1.82) is 0 Å². The molecule has 3 N–H and O–H groups in total. The molecule has 0 unspecified atom stereocenters. The Labute approximate surface area is 128 Å². The maximum atomic E-state index is 5.44. The van der Waals surface area contributed by atoms with Gasteiger partial charge in [-0.3, -0.25) is 5.43 Å². The van der Waals surface area contributed by atoms with Crippen LogP contribution in [0.1, 0.15) is 0 Å². The third kappa shape index (κ3) is 2.63. The Bertz CT molecular complexity index is 763. The Hall–Kier alpha value is -1.63. The number of nitrogens with one attached hydrogen (secondary N) is 1. The number of anilines is 1. The van der Waals surface area contributed by atoms with Gasteiger partial charge in [0.1, 0.15) is 5.03 Å². The van der Waals surface area contributed by atoms with Gasteiger partial charge in [0.25, 0.3) is 0 Å². The molecule has 1 heterocycles. The summed E-state index contributed by atoms with van der Waals surface area (Å²) in [6.45, 7) is 0. The van der Waals surface area contributed by atoms with Gasteiger partial charge in [0.15, 0.2) is 0 Å². The predicted molar refractivity (Wildman–Crippen MR) is 85.6 cm³/mol. The number of nitrogen functional groups attached to an aromatic ring is 1. The summed E-state index contributed by atoms with van der Waals surface area (Å²) in [6.07, 6.45) is 0. The first-order chi connectivity index (χ1) is 9.78. The standard InChI is InChI=1S/C14H11BrN4S/c15-10-6-2-4-8-12(10)20-13-9-5-1-3-7-11(9)17-14(18-13)19-16/h1-8H,16H2,(H,17,18,19). The first-order valence-corrected chi connectivity index (χ1v) is 7.54. The van der Waals surface area contributed by atoms with Crippen LogP contribution >= 0.6 is 27.7 Å². The van der Waals surface area contributed by atoms with Gasteiger partial charge < -0.3 is 0 Å². The number of nitrogens with zero attached hydrogens (tertiary/aromatic N) is 2. The third-order valence-electron chi connectivity index (χ3n) is 2.74. The number of para-hydroxylation sites is 1. The monoisotopic (exact) mass is 346 g/mol. The van der Waals surface area contributed by atoms with Gasteiger partial charge >= 0.3 is 0 Å². The molecular weight excluding hydrogens is 336 g/mol. The number of hydrogen-bond acceptors (Lipinski definition) is 5. The largest absolute Gasteiger partial charge is 0.292 e. The van der Waals surface area contributed by atoms with Crippen LogP contribution in [0.15, 0.2) is 62.9 Å². The minimum Gasteiger partial charge on any atom is -0.292 e. The summed E-state index contributed by atoms with van der Waals surface area (Å²) in [6, 6.07) is 15.9. The molecule has 0 bridgehead atoms. The zero-order valence-electron chi connectivity index (χ0n) is 10.4. The average Bonchev–Trinajstić information content (AvgIpc) is 2.49. The van der Waals surface area contributed by atoms with E-state index >= 15 is 0 Å². The van der Waals surface area contributed by atoms with Gasteiger partial charge in [0.05, 0.1) is 5.52 Å². The van der Waals surface area contributed by atoms with Crippen LogP contribution in [0.3, 0.4) is 0 Å². The molecule has 0 amide bonds. The van der Waals surface area contributed by atoms with Gasteiger partial charge in [0.2, 0.25) is 5.95 Å². The van der Waals surface area contributed by atoms with Crippen LogP contribution in [0.4, 0.5) is 5.95 Å². The van der Waals surface area contributed by atoms with E-state index in [2.05, 4.69) is 31.3 Å². The molecule has 0 spiro atoms. The molecule has 4 nitrogen and oxygen atoms in total. The van der Waals surface area contributed by atoms with Crippen molar-refractivity contribution >= 4 is 44.5 Å². The van der Waals surface area contributed by atoms with Gasteiger partial charge in [-0.1, -0.05) is 42.1 Å². The molecule has 0 atom stereocenters. The van der Waals surface area contributed by atoms with Gasteiger partial charge in [0, 0.05) is 14.8 Å². The van der Waals surface area contributed by atoms with Crippen LogP contribution < -0.4 is 11.3 Å². The number of halogens is 1. The fraction of sp³-hybridized carbons (Fsp3) is 0. The Morgan fingerprint density at radius 1 is 1.00 bits per heavy atom. The van der Waals surface area contributed by atoms with Crippen molar-refractivity contribution < 1.29 is 0 Å². The van der Waals surface area contributed by atoms with Gasteiger partial charge in [-0.15, -0.1) is 0 Å². The van der Waals surface area contributed by atoms with Gasteiger partial charge in [-0.05, 0) is 34.1 Å². The van der Waals surface area contributed by atoms with Crippen molar-refractivity contribution in [2.75, 3.05) is 5.43 Å². The van der Waals surface area contributed by atoms with Crippen molar-refractivity contribution in [3.8, 4) is 0 Å². The Morgan fingerprint density at radius 3 is 2.55 bits per heavy atom. The Morgan fingerprint density at radius 2 is 1.75 bits per heavy atom. The molecule has 3 aromatic rings. The number of fused-ring (bicyclic) bond motifs is 1. The highest BCUT2D eigenvalue weighted by atomic mass is 79.9. The number of nitrogens with two attached hydrogens (primary N) is 1. The fourth-order valence-corrected chi connectivity index (χ4v) is 3.28. The molecule has 0 aliphatic carbocycles. The number of hydrazine groups is 1. The van der Waals surface area contributed by atoms with E-state index in [0.29, 0.717) is 5.95 Å². The molecule has 2 aromatic carbocycles. The quantitative estimate of drug-likeness (QED) is 0.428. The summed E-state index contributed by atoms with van der Waals surface area (Å²) < 4.78 is 1.04. The molecule has 6 heteroatoms. The third-order valence-corrected chi connectivity index (χ3v) is 4.78. The molecule has 0 saturated carbocycles. The molecule has 3 rings (SSSR count). The van der Waals surface area contributed by atoms with Crippen molar-refractivity contribution in [1.82, 2.24) is 9.97 Å². The minimum absolute atomic E-state index is 0.415. The number of rotatable bonds is 3. The number of hydrogen-bond donors (Lipinski definition) is 2. The molecule has 0 radical (unpaired) electrons. The van der Waals surface area contributed by atoms with Crippen LogP contribution in [0.25, 0.3) is 10.9 Å². The van der Waals surface area contributed by atoms with E-state index in [0.717, 1.165) is 25.3 Å². The van der Waals surface area contributed by atoms with Gasteiger partial charge in [-0.25, -0.2) is 15.8 Å². The van der Waals surface area contributed by atoms with Crippen molar-refractivity contribution in [2.24, 2.45) is 5.84 Å². The summed E-state index contributed by atoms with van der Waals surface area (Å²) in [7, 11) is 0. The Balaban J connectivity index is 2.13. The topological polar surface area (TPSA) is 63.8 Å². The molecule has 0 aliphatic heterocycles. The SMILES string of the molecule is NNc1nc(Sc2ccccc2Br)c2ccccc2n1.